The summed E-state index contributed by atoms with van der Waals surface area (Å²) in [7, 11) is 0. The Kier molecular flexibility index (Phi) is 8.43. The first-order valence-corrected chi connectivity index (χ1v) is 11.3. The number of primary amides is 1. The van der Waals surface area contributed by atoms with E-state index in [0.717, 1.165) is 12.0 Å². The van der Waals surface area contributed by atoms with Gasteiger partial charge in [-0.2, -0.15) is 0 Å². The highest BCUT2D eigenvalue weighted by Crippen LogP contribution is 2.19. The lowest BCUT2D eigenvalue weighted by molar-refractivity contribution is -0.123. The first-order chi connectivity index (χ1) is 15.9. The van der Waals surface area contributed by atoms with Crippen LogP contribution in [0, 0.1) is 0 Å². The first kappa shape index (κ1) is 24.3. The molecular weight excluding hydrogens is 420 g/mol. The SMILES string of the molecule is CCC(C)NC(=O)CN1CCN(C(=O)c2cccc(COc3ccccc3C(N)=O)c2)CC1. The van der Waals surface area contributed by atoms with E-state index in [2.05, 4.69) is 10.2 Å². The molecule has 1 aliphatic heterocycles. The molecule has 1 heterocycles. The number of piperazine rings is 1. The molecule has 3 amide bonds. The molecule has 3 rings (SSSR count). The fourth-order valence-corrected chi connectivity index (χ4v) is 3.67. The maximum Gasteiger partial charge on any atom is 0.253 e. The standard InChI is InChI=1S/C25H32N4O4/c1-3-18(2)27-23(30)16-28-11-13-29(14-12-28)25(32)20-8-6-7-19(15-20)17-33-22-10-5-4-9-21(22)24(26)31/h4-10,15,18H,3,11-14,16-17H2,1-2H3,(H2,26,31)(H,27,30). The van der Waals surface area contributed by atoms with Gasteiger partial charge in [0, 0.05) is 37.8 Å². The molecule has 1 atom stereocenters. The van der Waals surface area contributed by atoms with Crippen LogP contribution in [0.1, 0.15) is 46.5 Å². The molecule has 0 aliphatic carbocycles. The minimum Gasteiger partial charge on any atom is -0.488 e. The number of rotatable bonds is 9. The molecule has 1 fully saturated rings. The summed E-state index contributed by atoms with van der Waals surface area (Å²) in [5.41, 5.74) is 7.12. The summed E-state index contributed by atoms with van der Waals surface area (Å²) in [6.45, 7) is 7.06. The van der Waals surface area contributed by atoms with Crippen LogP contribution in [0.2, 0.25) is 0 Å². The Morgan fingerprint density at radius 1 is 1.06 bits per heavy atom. The molecule has 1 aliphatic rings. The molecule has 0 aromatic heterocycles. The Morgan fingerprint density at radius 3 is 2.48 bits per heavy atom. The topological polar surface area (TPSA) is 105 Å². The minimum absolute atomic E-state index is 0.0229. The average molecular weight is 453 g/mol. The number of benzene rings is 2. The van der Waals surface area contributed by atoms with Gasteiger partial charge in [-0.05, 0) is 43.2 Å². The molecule has 0 bridgehead atoms. The van der Waals surface area contributed by atoms with Crippen molar-refractivity contribution < 1.29 is 19.1 Å². The lowest BCUT2D eigenvalue weighted by Gasteiger charge is -2.34. The van der Waals surface area contributed by atoms with E-state index in [0.29, 0.717) is 49.6 Å². The zero-order valence-corrected chi connectivity index (χ0v) is 19.3. The Labute approximate surface area is 194 Å². The molecule has 0 spiro atoms. The smallest absolute Gasteiger partial charge is 0.253 e. The van der Waals surface area contributed by atoms with Crippen LogP contribution in [0.3, 0.4) is 0 Å². The molecular formula is C25H32N4O4. The molecule has 8 nitrogen and oxygen atoms in total. The molecule has 2 aromatic rings. The quantitative estimate of drug-likeness (QED) is 0.606. The fraction of sp³-hybridized carbons (Fsp3) is 0.400. The number of carbonyl (C=O) groups is 3. The van der Waals surface area contributed by atoms with Crippen molar-refractivity contribution in [3.63, 3.8) is 0 Å². The monoisotopic (exact) mass is 452 g/mol. The lowest BCUT2D eigenvalue weighted by atomic mass is 10.1. The van der Waals surface area contributed by atoms with Crippen LogP contribution in [0.25, 0.3) is 0 Å². The van der Waals surface area contributed by atoms with Gasteiger partial charge in [-0.3, -0.25) is 19.3 Å². The van der Waals surface area contributed by atoms with Gasteiger partial charge < -0.3 is 20.7 Å². The molecule has 0 radical (unpaired) electrons. The first-order valence-electron chi connectivity index (χ1n) is 11.3. The summed E-state index contributed by atoms with van der Waals surface area (Å²) < 4.78 is 5.78. The van der Waals surface area contributed by atoms with E-state index >= 15 is 0 Å². The van der Waals surface area contributed by atoms with E-state index in [1.165, 1.54) is 0 Å². The van der Waals surface area contributed by atoms with Crippen LogP contribution < -0.4 is 15.8 Å². The number of hydrogen-bond donors (Lipinski definition) is 2. The van der Waals surface area contributed by atoms with E-state index in [-0.39, 0.29) is 24.5 Å². The summed E-state index contributed by atoms with van der Waals surface area (Å²) in [5.74, 6) is -0.158. The average Bonchev–Trinajstić information content (AvgIpc) is 2.83. The third-order valence-corrected chi connectivity index (χ3v) is 5.77. The Balaban J connectivity index is 1.54. The van der Waals surface area contributed by atoms with Gasteiger partial charge in [-0.25, -0.2) is 0 Å². The predicted molar refractivity (Wildman–Crippen MR) is 126 cm³/mol. The van der Waals surface area contributed by atoms with Crippen LogP contribution >= 0.6 is 0 Å². The second-order valence-electron chi connectivity index (χ2n) is 8.29. The Bertz CT molecular complexity index is 986. The molecule has 3 N–H and O–H groups in total. The van der Waals surface area contributed by atoms with Crippen LogP contribution in [0.5, 0.6) is 5.75 Å². The molecule has 8 heteroatoms. The fourth-order valence-electron chi connectivity index (χ4n) is 3.67. The molecule has 33 heavy (non-hydrogen) atoms. The molecule has 1 unspecified atom stereocenters. The van der Waals surface area contributed by atoms with Crippen molar-refractivity contribution in [2.45, 2.75) is 32.9 Å². The third-order valence-electron chi connectivity index (χ3n) is 5.77. The van der Waals surface area contributed by atoms with Gasteiger partial charge in [0.1, 0.15) is 12.4 Å². The second kappa shape index (κ2) is 11.5. The Morgan fingerprint density at radius 2 is 1.79 bits per heavy atom. The largest absolute Gasteiger partial charge is 0.488 e. The number of nitrogens with one attached hydrogen (secondary N) is 1. The number of hydrogen-bond acceptors (Lipinski definition) is 5. The zero-order chi connectivity index (χ0) is 23.8. The normalized spacial score (nSPS) is 15.0. The van der Waals surface area contributed by atoms with Crippen molar-refractivity contribution in [2.24, 2.45) is 5.73 Å². The van der Waals surface area contributed by atoms with E-state index in [1.54, 1.807) is 36.4 Å². The molecule has 176 valence electrons. The molecule has 2 aromatic carbocycles. The van der Waals surface area contributed by atoms with E-state index in [9.17, 15) is 14.4 Å². The summed E-state index contributed by atoms with van der Waals surface area (Å²) in [6, 6.07) is 14.3. The number of ether oxygens (including phenoxy) is 1. The summed E-state index contributed by atoms with van der Waals surface area (Å²) in [5, 5.41) is 2.98. The Hall–Kier alpha value is -3.39. The summed E-state index contributed by atoms with van der Waals surface area (Å²) in [4.78, 5) is 40.6. The van der Waals surface area contributed by atoms with Crippen molar-refractivity contribution in [1.29, 1.82) is 0 Å². The van der Waals surface area contributed by atoms with Crippen LogP contribution in [-0.2, 0) is 11.4 Å². The van der Waals surface area contributed by atoms with Crippen LogP contribution in [0.4, 0.5) is 0 Å². The number of para-hydroxylation sites is 1. The highest BCUT2D eigenvalue weighted by Gasteiger charge is 2.23. The summed E-state index contributed by atoms with van der Waals surface area (Å²) in [6.07, 6.45) is 0.899. The lowest BCUT2D eigenvalue weighted by Crippen LogP contribution is -2.51. The number of nitrogens with two attached hydrogens (primary N) is 1. The van der Waals surface area contributed by atoms with Crippen molar-refractivity contribution in [3.8, 4) is 5.75 Å². The second-order valence-corrected chi connectivity index (χ2v) is 8.29. The van der Waals surface area contributed by atoms with E-state index < -0.39 is 5.91 Å². The van der Waals surface area contributed by atoms with Crippen molar-refractivity contribution in [3.05, 3.63) is 65.2 Å². The number of carbonyl (C=O) groups excluding carboxylic acids is 3. The third kappa shape index (κ3) is 6.79. The molecule has 1 saturated heterocycles. The van der Waals surface area contributed by atoms with Gasteiger partial charge in [-0.1, -0.05) is 31.2 Å². The van der Waals surface area contributed by atoms with Gasteiger partial charge in [0.15, 0.2) is 0 Å². The molecule has 0 saturated carbocycles. The van der Waals surface area contributed by atoms with Gasteiger partial charge in [0.05, 0.1) is 12.1 Å². The highest BCUT2D eigenvalue weighted by atomic mass is 16.5. The maximum atomic E-state index is 13.0. The van der Waals surface area contributed by atoms with Gasteiger partial charge >= 0.3 is 0 Å². The van der Waals surface area contributed by atoms with Gasteiger partial charge in [0.2, 0.25) is 5.91 Å². The van der Waals surface area contributed by atoms with E-state index in [1.807, 2.05) is 30.9 Å². The maximum absolute atomic E-state index is 13.0. The van der Waals surface area contributed by atoms with Crippen LogP contribution in [0.15, 0.2) is 48.5 Å². The number of amides is 3. The minimum atomic E-state index is -0.550. The van der Waals surface area contributed by atoms with Crippen molar-refractivity contribution in [1.82, 2.24) is 15.1 Å². The zero-order valence-electron chi connectivity index (χ0n) is 19.3. The summed E-state index contributed by atoms with van der Waals surface area (Å²) >= 11 is 0. The van der Waals surface area contributed by atoms with E-state index in [4.69, 9.17) is 10.5 Å². The van der Waals surface area contributed by atoms with Crippen molar-refractivity contribution in [2.75, 3.05) is 32.7 Å². The van der Waals surface area contributed by atoms with Crippen LogP contribution in [-0.4, -0.2) is 66.3 Å². The number of nitrogens with zero attached hydrogens (tertiary/aromatic N) is 2. The predicted octanol–water partition coefficient (Wildman–Crippen LogP) is 2.04. The van der Waals surface area contributed by atoms with Crippen molar-refractivity contribution >= 4 is 17.7 Å². The van der Waals surface area contributed by atoms with Gasteiger partial charge in [0.25, 0.3) is 11.8 Å². The van der Waals surface area contributed by atoms with Gasteiger partial charge in [-0.15, -0.1) is 0 Å². The highest BCUT2D eigenvalue weighted by molar-refractivity contribution is 5.95.